The number of benzene rings is 2. The first-order valence-corrected chi connectivity index (χ1v) is 8.12. The number of ether oxygens (including phenoxy) is 1. The van der Waals surface area contributed by atoms with E-state index in [-0.39, 0.29) is 12.5 Å². The minimum Gasteiger partial charge on any atom is -0.452 e. The predicted octanol–water partition coefficient (Wildman–Crippen LogP) is 3.05. The van der Waals surface area contributed by atoms with E-state index < -0.39 is 11.9 Å². The first-order chi connectivity index (χ1) is 11.4. The molecule has 0 spiro atoms. The Hall–Kier alpha value is -2.42. The smallest absolute Gasteiger partial charge is 0.338 e. The molecule has 0 heterocycles. The van der Waals surface area contributed by atoms with E-state index in [1.807, 2.05) is 0 Å². The van der Waals surface area contributed by atoms with Crippen LogP contribution in [0.5, 0.6) is 0 Å². The van der Waals surface area contributed by atoms with Crippen molar-refractivity contribution in [3.05, 3.63) is 57.7 Å². The van der Waals surface area contributed by atoms with E-state index in [0.29, 0.717) is 16.9 Å². The number of carbonyl (C=O) groups is 3. The van der Waals surface area contributed by atoms with Crippen molar-refractivity contribution < 1.29 is 19.1 Å². The molecule has 24 heavy (non-hydrogen) atoms. The lowest BCUT2D eigenvalue weighted by molar-refractivity contribution is -0.119. The van der Waals surface area contributed by atoms with Gasteiger partial charge in [-0.3, -0.25) is 9.59 Å². The van der Waals surface area contributed by atoms with Crippen molar-refractivity contribution in [2.75, 3.05) is 17.2 Å². The van der Waals surface area contributed by atoms with E-state index in [2.05, 4.69) is 33.2 Å². The molecule has 2 amide bonds. The molecule has 0 unspecified atom stereocenters. The standard InChI is InChI=1S/C17H15IN2O4/c1-11(21)19-14-6-8-15(9-7-14)20-16(22)10-24-17(23)12-2-4-13(18)5-3-12/h2-9H,10H2,1H3,(H,19,21)(H,20,22). The molecule has 0 aliphatic rings. The zero-order chi connectivity index (χ0) is 17.5. The molecule has 0 saturated heterocycles. The molecular formula is C17H15IN2O4. The van der Waals surface area contributed by atoms with Crippen molar-refractivity contribution in [1.82, 2.24) is 0 Å². The summed E-state index contributed by atoms with van der Waals surface area (Å²) in [7, 11) is 0. The molecule has 0 radical (unpaired) electrons. The number of rotatable bonds is 5. The van der Waals surface area contributed by atoms with Crippen LogP contribution in [0.25, 0.3) is 0 Å². The van der Waals surface area contributed by atoms with Gasteiger partial charge in [-0.25, -0.2) is 4.79 Å². The van der Waals surface area contributed by atoms with E-state index in [0.717, 1.165) is 3.57 Å². The Labute approximate surface area is 152 Å². The van der Waals surface area contributed by atoms with Crippen LogP contribution >= 0.6 is 22.6 Å². The minimum atomic E-state index is -0.553. The summed E-state index contributed by atoms with van der Waals surface area (Å²) in [5.74, 6) is -1.17. The third-order valence-electron chi connectivity index (χ3n) is 2.90. The van der Waals surface area contributed by atoms with E-state index in [4.69, 9.17) is 4.74 Å². The highest BCUT2D eigenvalue weighted by Gasteiger charge is 2.10. The number of esters is 1. The molecule has 0 bridgehead atoms. The Kier molecular flexibility index (Phi) is 6.30. The van der Waals surface area contributed by atoms with E-state index in [1.165, 1.54) is 6.92 Å². The number of hydrogen-bond acceptors (Lipinski definition) is 4. The number of nitrogens with one attached hydrogen (secondary N) is 2. The zero-order valence-corrected chi connectivity index (χ0v) is 15.0. The molecule has 2 rings (SSSR count). The van der Waals surface area contributed by atoms with Crippen LogP contribution < -0.4 is 10.6 Å². The largest absolute Gasteiger partial charge is 0.452 e. The molecule has 6 nitrogen and oxygen atoms in total. The number of hydrogen-bond donors (Lipinski definition) is 2. The van der Waals surface area contributed by atoms with Gasteiger partial charge in [0.05, 0.1) is 5.56 Å². The Morgan fingerprint density at radius 3 is 2.00 bits per heavy atom. The van der Waals surface area contributed by atoms with Gasteiger partial charge in [0, 0.05) is 21.9 Å². The second-order valence-electron chi connectivity index (χ2n) is 4.89. The topological polar surface area (TPSA) is 84.5 Å². The third kappa shape index (κ3) is 5.65. The summed E-state index contributed by atoms with van der Waals surface area (Å²) in [6, 6.07) is 13.5. The average Bonchev–Trinajstić information content (AvgIpc) is 2.54. The van der Waals surface area contributed by atoms with E-state index in [1.54, 1.807) is 48.5 Å². The van der Waals surface area contributed by atoms with Gasteiger partial charge in [-0.2, -0.15) is 0 Å². The van der Waals surface area contributed by atoms with Crippen molar-refractivity contribution in [3.8, 4) is 0 Å². The third-order valence-corrected chi connectivity index (χ3v) is 3.62. The lowest BCUT2D eigenvalue weighted by Gasteiger charge is -2.08. The van der Waals surface area contributed by atoms with Crippen LogP contribution in [0.1, 0.15) is 17.3 Å². The Balaban J connectivity index is 1.83. The molecule has 0 atom stereocenters. The van der Waals surface area contributed by atoms with Crippen molar-refractivity contribution in [3.63, 3.8) is 0 Å². The monoisotopic (exact) mass is 438 g/mol. The molecule has 124 valence electrons. The molecule has 0 aliphatic carbocycles. The summed E-state index contributed by atoms with van der Waals surface area (Å²) in [5, 5.41) is 5.23. The van der Waals surface area contributed by atoms with Crippen molar-refractivity contribution in [1.29, 1.82) is 0 Å². The van der Waals surface area contributed by atoms with Crippen molar-refractivity contribution >= 4 is 51.7 Å². The van der Waals surface area contributed by atoms with Gasteiger partial charge in [-0.15, -0.1) is 0 Å². The van der Waals surface area contributed by atoms with Gasteiger partial charge < -0.3 is 15.4 Å². The summed E-state index contributed by atoms with van der Waals surface area (Å²) >= 11 is 2.13. The maximum Gasteiger partial charge on any atom is 0.338 e. The molecule has 2 aromatic rings. The highest BCUT2D eigenvalue weighted by Crippen LogP contribution is 2.13. The Morgan fingerprint density at radius 1 is 0.917 bits per heavy atom. The highest BCUT2D eigenvalue weighted by atomic mass is 127. The summed E-state index contributed by atoms with van der Waals surface area (Å²) in [4.78, 5) is 34.6. The number of anilines is 2. The van der Waals surface area contributed by atoms with E-state index in [9.17, 15) is 14.4 Å². The van der Waals surface area contributed by atoms with Crippen LogP contribution in [0.2, 0.25) is 0 Å². The van der Waals surface area contributed by atoms with Gasteiger partial charge in [0.15, 0.2) is 6.61 Å². The fourth-order valence-corrected chi connectivity index (χ4v) is 2.20. The van der Waals surface area contributed by atoms with Crippen LogP contribution in [0.15, 0.2) is 48.5 Å². The molecular weight excluding hydrogens is 423 g/mol. The zero-order valence-electron chi connectivity index (χ0n) is 12.8. The molecule has 2 N–H and O–H groups in total. The molecule has 0 aromatic heterocycles. The lowest BCUT2D eigenvalue weighted by Crippen LogP contribution is -2.20. The minimum absolute atomic E-state index is 0.172. The fourth-order valence-electron chi connectivity index (χ4n) is 1.84. The summed E-state index contributed by atoms with van der Waals surface area (Å²) in [6.07, 6.45) is 0. The normalized spacial score (nSPS) is 9.92. The molecule has 2 aromatic carbocycles. The fraction of sp³-hybridized carbons (Fsp3) is 0.118. The highest BCUT2D eigenvalue weighted by molar-refractivity contribution is 14.1. The van der Waals surface area contributed by atoms with Crippen LogP contribution in [0, 0.1) is 3.57 Å². The second kappa shape index (κ2) is 8.44. The Morgan fingerprint density at radius 2 is 1.46 bits per heavy atom. The number of halogens is 1. The van der Waals surface area contributed by atoms with Gasteiger partial charge in [0.25, 0.3) is 5.91 Å². The molecule has 0 aliphatic heterocycles. The number of carbonyl (C=O) groups excluding carboxylic acids is 3. The quantitative estimate of drug-likeness (QED) is 0.556. The first kappa shape index (κ1) is 17.9. The predicted molar refractivity (Wildman–Crippen MR) is 98.8 cm³/mol. The average molecular weight is 438 g/mol. The number of amides is 2. The maximum absolute atomic E-state index is 11.8. The van der Waals surface area contributed by atoms with Crippen molar-refractivity contribution in [2.24, 2.45) is 0 Å². The first-order valence-electron chi connectivity index (χ1n) is 7.04. The van der Waals surface area contributed by atoms with Gasteiger partial charge in [0.2, 0.25) is 5.91 Å². The second-order valence-corrected chi connectivity index (χ2v) is 6.14. The van der Waals surface area contributed by atoms with Gasteiger partial charge >= 0.3 is 5.97 Å². The molecule has 7 heteroatoms. The maximum atomic E-state index is 11.8. The van der Waals surface area contributed by atoms with Crippen LogP contribution in [0.3, 0.4) is 0 Å². The summed E-state index contributed by atoms with van der Waals surface area (Å²) in [6.45, 7) is 1.04. The van der Waals surface area contributed by atoms with Crippen molar-refractivity contribution in [2.45, 2.75) is 6.92 Å². The molecule has 0 saturated carbocycles. The lowest BCUT2D eigenvalue weighted by atomic mass is 10.2. The van der Waals surface area contributed by atoms with E-state index >= 15 is 0 Å². The van der Waals surface area contributed by atoms with Gasteiger partial charge in [-0.1, -0.05) is 0 Å². The van der Waals surface area contributed by atoms with Crippen LogP contribution in [-0.4, -0.2) is 24.4 Å². The summed E-state index contributed by atoms with van der Waals surface area (Å²) < 4.78 is 5.97. The molecule has 0 fully saturated rings. The SMILES string of the molecule is CC(=O)Nc1ccc(NC(=O)COC(=O)c2ccc(I)cc2)cc1. The Bertz CT molecular complexity index is 742. The van der Waals surface area contributed by atoms with Gasteiger partial charge in [-0.05, 0) is 71.1 Å². The van der Waals surface area contributed by atoms with Crippen LogP contribution in [-0.2, 0) is 14.3 Å². The summed E-state index contributed by atoms with van der Waals surface area (Å²) in [5.41, 5.74) is 1.56. The van der Waals surface area contributed by atoms with Crippen LogP contribution in [0.4, 0.5) is 11.4 Å². The van der Waals surface area contributed by atoms with Gasteiger partial charge in [0.1, 0.15) is 0 Å².